The van der Waals surface area contributed by atoms with Crippen LogP contribution in [0.15, 0.2) is 0 Å². The molecule has 0 aromatic heterocycles. The first kappa shape index (κ1) is 13.3. The van der Waals surface area contributed by atoms with Gasteiger partial charge in [-0.05, 0) is 18.8 Å². The highest BCUT2D eigenvalue weighted by Gasteiger charge is 2.35. The molecule has 2 fully saturated rings. The molecular weight excluding hydrogens is 256 g/mol. The minimum Gasteiger partial charge on any atom is -0.343 e. The van der Waals surface area contributed by atoms with Crippen LogP contribution < -0.4 is 5.32 Å². The number of hydrogen-bond donors (Lipinski definition) is 1. The summed E-state index contributed by atoms with van der Waals surface area (Å²) in [6.45, 7) is 2.26. The Kier molecular flexibility index (Phi) is 3.61. The molecule has 2 amide bonds. The molecule has 0 aliphatic carbocycles. The van der Waals surface area contributed by atoms with Crippen molar-refractivity contribution in [1.82, 2.24) is 10.2 Å². The van der Waals surface area contributed by atoms with Gasteiger partial charge in [0.2, 0.25) is 11.8 Å². The third kappa shape index (κ3) is 2.82. The van der Waals surface area contributed by atoms with Gasteiger partial charge in [-0.2, -0.15) is 0 Å². The molecule has 102 valence electrons. The molecule has 18 heavy (non-hydrogen) atoms. The first-order valence-corrected chi connectivity index (χ1v) is 8.02. The van der Waals surface area contributed by atoms with Crippen molar-refractivity contribution in [1.29, 1.82) is 0 Å². The summed E-state index contributed by atoms with van der Waals surface area (Å²) in [5.74, 6) is 0.0456. The van der Waals surface area contributed by atoms with Gasteiger partial charge in [0.1, 0.15) is 6.04 Å². The number of amides is 2. The normalized spacial score (nSPS) is 31.5. The molecule has 0 saturated carbocycles. The third-order valence-electron chi connectivity index (χ3n) is 3.49. The van der Waals surface area contributed by atoms with Crippen LogP contribution in [0.3, 0.4) is 0 Å². The summed E-state index contributed by atoms with van der Waals surface area (Å²) in [7, 11) is -2.93. The van der Waals surface area contributed by atoms with Gasteiger partial charge in [0, 0.05) is 6.54 Å². The Hall–Kier alpha value is -1.11. The highest BCUT2D eigenvalue weighted by molar-refractivity contribution is 7.91. The van der Waals surface area contributed by atoms with E-state index in [1.54, 1.807) is 0 Å². The predicted octanol–water partition coefficient (Wildman–Crippen LogP) is -0.842. The van der Waals surface area contributed by atoms with Crippen LogP contribution in [-0.4, -0.2) is 55.8 Å². The van der Waals surface area contributed by atoms with E-state index >= 15 is 0 Å². The summed E-state index contributed by atoms with van der Waals surface area (Å²) in [5.41, 5.74) is 0. The Balaban J connectivity index is 2.00. The SMILES string of the molecule is CCC1NC(=O)CN(CC2CCS(=O)(=O)C2)C1=O. The van der Waals surface area contributed by atoms with Crippen molar-refractivity contribution in [2.24, 2.45) is 5.92 Å². The smallest absolute Gasteiger partial charge is 0.245 e. The monoisotopic (exact) mass is 274 g/mol. The zero-order chi connectivity index (χ0) is 13.3. The second kappa shape index (κ2) is 4.87. The molecule has 2 rings (SSSR count). The first-order chi connectivity index (χ1) is 8.41. The zero-order valence-electron chi connectivity index (χ0n) is 10.4. The van der Waals surface area contributed by atoms with Crippen LogP contribution in [0.1, 0.15) is 19.8 Å². The first-order valence-electron chi connectivity index (χ1n) is 6.20. The van der Waals surface area contributed by atoms with Crippen molar-refractivity contribution in [3.05, 3.63) is 0 Å². The van der Waals surface area contributed by atoms with Gasteiger partial charge >= 0.3 is 0 Å². The van der Waals surface area contributed by atoms with Crippen LogP contribution in [-0.2, 0) is 19.4 Å². The van der Waals surface area contributed by atoms with Crippen LogP contribution in [0.25, 0.3) is 0 Å². The Labute approximate surface area is 107 Å². The lowest BCUT2D eigenvalue weighted by molar-refractivity contribution is -0.144. The average molecular weight is 274 g/mol. The maximum atomic E-state index is 12.0. The molecule has 0 spiro atoms. The number of nitrogens with zero attached hydrogens (tertiary/aromatic N) is 1. The van der Waals surface area contributed by atoms with E-state index in [-0.39, 0.29) is 35.8 Å². The molecule has 2 heterocycles. The number of carbonyl (C=O) groups is 2. The summed E-state index contributed by atoms with van der Waals surface area (Å²) < 4.78 is 22.7. The highest BCUT2D eigenvalue weighted by atomic mass is 32.2. The molecule has 2 aliphatic rings. The van der Waals surface area contributed by atoms with Crippen molar-refractivity contribution >= 4 is 21.7 Å². The third-order valence-corrected chi connectivity index (χ3v) is 5.33. The van der Waals surface area contributed by atoms with Crippen LogP contribution in [0.4, 0.5) is 0 Å². The van der Waals surface area contributed by atoms with Gasteiger partial charge in [-0.3, -0.25) is 9.59 Å². The van der Waals surface area contributed by atoms with Crippen molar-refractivity contribution in [3.63, 3.8) is 0 Å². The fourth-order valence-corrected chi connectivity index (χ4v) is 4.38. The largest absolute Gasteiger partial charge is 0.343 e. The molecule has 1 N–H and O–H groups in total. The fourth-order valence-electron chi connectivity index (χ4n) is 2.53. The van der Waals surface area contributed by atoms with Gasteiger partial charge in [0.05, 0.1) is 18.1 Å². The van der Waals surface area contributed by atoms with Crippen LogP contribution >= 0.6 is 0 Å². The fraction of sp³-hybridized carbons (Fsp3) is 0.818. The molecular formula is C11H18N2O4S. The van der Waals surface area contributed by atoms with Crippen LogP contribution in [0.5, 0.6) is 0 Å². The predicted molar refractivity (Wildman–Crippen MR) is 65.6 cm³/mol. The average Bonchev–Trinajstić information content (AvgIpc) is 2.62. The molecule has 0 aromatic rings. The molecule has 0 radical (unpaired) electrons. The van der Waals surface area contributed by atoms with Crippen molar-refractivity contribution in [2.75, 3.05) is 24.6 Å². The number of carbonyl (C=O) groups excluding carboxylic acids is 2. The summed E-state index contributed by atoms with van der Waals surface area (Å²) in [4.78, 5) is 25.0. The molecule has 7 heteroatoms. The van der Waals surface area contributed by atoms with E-state index in [0.29, 0.717) is 19.4 Å². The lowest BCUT2D eigenvalue weighted by Gasteiger charge is -2.33. The van der Waals surface area contributed by atoms with Crippen molar-refractivity contribution < 1.29 is 18.0 Å². The Morgan fingerprint density at radius 1 is 1.39 bits per heavy atom. The minimum atomic E-state index is -2.93. The summed E-state index contributed by atoms with van der Waals surface area (Å²) in [6, 6.07) is -0.454. The van der Waals surface area contributed by atoms with E-state index in [0.717, 1.165) is 0 Å². The summed E-state index contributed by atoms with van der Waals surface area (Å²) in [6.07, 6.45) is 1.15. The van der Waals surface area contributed by atoms with Crippen molar-refractivity contribution in [2.45, 2.75) is 25.8 Å². The van der Waals surface area contributed by atoms with Gasteiger partial charge < -0.3 is 10.2 Å². The zero-order valence-corrected chi connectivity index (χ0v) is 11.2. The van der Waals surface area contributed by atoms with E-state index in [2.05, 4.69) is 5.32 Å². The second-order valence-corrected chi connectivity index (χ2v) is 7.24. The Bertz CT molecular complexity index is 460. The van der Waals surface area contributed by atoms with Crippen molar-refractivity contribution in [3.8, 4) is 0 Å². The van der Waals surface area contributed by atoms with E-state index in [1.807, 2.05) is 6.92 Å². The lowest BCUT2D eigenvalue weighted by Crippen LogP contribution is -2.58. The quantitative estimate of drug-likeness (QED) is 0.727. The number of nitrogens with one attached hydrogen (secondary N) is 1. The molecule has 2 atom stereocenters. The maximum Gasteiger partial charge on any atom is 0.245 e. The van der Waals surface area contributed by atoms with Gasteiger partial charge in [0.25, 0.3) is 0 Å². The number of rotatable bonds is 3. The molecule has 0 bridgehead atoms. The Morgan fingerprint density at radius 3 is 2.67 bits per heavy atom. The maximum absolute atomic E-state index is 12.0. The number of sulfone groups is 1. The van der Waals surface area contributed by atoms with Gasteiger partial charge in [0.15, 0.2) is 9.84 Å². The van der Waals surface area contributed by atoms with Crippen LogP contribution in [0, 0.1) is 5.92 Å². The summed E-state index contributed by atoms with van der Waals surface area (Å²) in [5, 5.41) is 2.64. The highest BCUT2D eigenvalue weighted by Crippen LogP contribution is 2.20. The van der Waals surface area contributed by atoms with Gasteiger partial charge in [-0.1, -0.05) is 6.92 Å². The van der Waals surface area contributed by atoms with E-state index < -0.39 is 15.9 Å². The van der Waals surface area contributed by atoms with E-state index in [9.17, 15) is 18.0 Å². The standard InChI is InChI=1S/C11H18N2O4S/c1-2-9-11(15)13(6-10(14)12-9)5-8-3-4-18(16,17)7-8/h8-9H,2-7H2,1H3,(H,12,14). The summed E-state index contributed by atoms with van der Waals surface area (Å²) >= 11 is 0. The van der Waals surface area contributed by atoms with E-state index in [1.165, 1.54) is 4.90 Å². The lowest BCUT2D eigenvalue weighted by atomic mass is 10.1. The van der Waals surface area contributed by atoms with Gasteiger partial charge in [-0.25, -0.2) is 8.42 Å². The second-order valence-electron chi connectivity index (χ2n) is 5.02. The number of hydrogen-bond acceptors (Lipinski definition) is 4. The topological polar surface area (TPSA) is 83.6 Å². The number of piperazine rings is 1. The molecule has 6 nitrogen and oxygen atoms in total. The van der Waals surface area contributed by atoms with Crippen LogP contribution in [0.2, 0.25) is 0 Å². The van der Waals surface area contributed by atoms with E-state index in [4.69, 9.17) is 0 Å². The molecule has 2 unspecified atom stereocenters. The molecule has 0 aromatic carbocycles. The molecule has 2 aliphatic heterocycles. The van der Waals surface area contributed by atoms with Gasteiger partial charge in [-0.15, -0.1) is 0 Å². The minimum absolute atomic E-state index is 0.0256. The Morgan fingerprint density at radius 2 is 2.11 bits per heavy atom. The molecule has 2 saturated heterocycles.